The molecule has 1 N–H and O–H groups in total. The van der Waals surface area contributed by atoms with Gasteiger partial charge in [0.2, 0.25) is 0 Å². The molecule has 2 aliphatic rings. The fourth-order valence-electron chi connectivity index (χ4n) is 3.37. The van der Waals surface area contributed by atoms with Crippen molar-refractivity contribution in [3.63, 3.8) is 0 Å². The third kappa shape index (κ3) is 1.98. The van der Waals surface area contributed by atoms with Gasteiger partial charge in [-0.05, 0) is 42.2 Å². The maximum Gasteiger partial charge on any atom is 0.407 e. The number of likely N-dealkylation sites (tertiary alicyclic amines) is 1. The fraction of sp³-hybridized carbons (Fsp3) is 0.333. The molecule has 6 heteroatoms. The summed E-state index contributed by atoms with van der Waals surface area (Å²) in [5, 5.41) is 13.5. The largest absolute Gasteiger partial charge is 0.465 e. The highest BCUT2D eigenvalue weighted by Gasteiger charge is 2.58. The fourth-order valence-corrected chi connectivity index (χ4v) is 3.37. The van der Waals surface area contributed by atoms with Crippen LogP contribution < -0.4 is 0 Å². The minimum Gasteiger partial charge on any atom is -0.465 e. The maximum atomic E-state index is 12.9. The molecule has 1 amide bonds. The summed E-state index contributed by atoms with van der Waals surface area (Å²) >= 11 is 0. The third-order valence-corrected chi connectivity index (χ3v) is 4.51. The van der Waals surface area contributed by atoms with Crippen LogP contribution in [0.15, 0.2) is 36.5 Å². The van der Waals surface area contributed by atoms with E-state index in [9.17, 15) is 9.18 Å². The zero-order valence-electron chi connectivity index (χ0n) is 11.2. The Morgan fingerprint density at radius 1 is 1.19 bits per heavy atom. The SMILES string of the molecule is O=C(O)N1C[C@@H]2[C@H](C1)[C@H]2c1ccn(-c2ccc(F)cc2)n1. The van der Waals surface area contributed by atoms with Crippen LogP contribution in [0.2, 0.25) is 0 Å². The molecule has 1 saturated carbocycles. The summed E-state index contributed by atoms with van der Waals surface area (Å²) in [6, 6.07) is 8.16. The number of hydrogen-bond acceptors (Lipinski definition) is 2. The molecule has 1 aliphatic heterocycles. The third-order valence-electron chi connectivity index (χ3n) is 4.51. The van der Waals surface area contributed by atoms with Crippen molar-refractivity contribution < 1.29 is 14.3 Å². The van der Waals surface area contributed by atoms with Crippen molar-refractivity contribution in [1.29, 1.82) is 0 Å². The van der Waals surface area contributed by atoms with Gasteiger partial charge in [0.15, 0.2) is 0 Å². The van der Waals surface area contributed by atoms with E-state index in [-0.39, 0.29) is 5.82 Å². The van der Waals surface area contributed by atoms with Gasteiger partial charge >= 0.3 is 6.09 Å². The number of fused-ring (bicyclic) bond motifs is 1. The lowest BCUT2D eigenvalue weighted by atomic mass is 10.2. The van der Waals surface area contributed by atoms with Gasteiger partial charge in [0, 0.05) is 25.2 Å². The number of amides is 1. The number of nitrogens with zero attached hydrogens (tertiary/aromatic N) is 3. The Morgan fingerprint density at radius 3 is 2.48 bits per heavy atom. The number of aromatic nitrogens is 2. The molecule has 21 heavy (non-hydrogen) atoms. The van der Waals surface area contributed by atoms with E-state index in [1.807, 2.05) is 12.3 Å². The van der Waals surface area contributed by atoms with E-state index in [1.54, 1.807) is 16.8 Å². The van der Waals surface area contributed by atoms with Gasteiger partial charge in [0.25, 0.3) is 0 Å². The van der Waals surface area contributed by atoms with Gasteiger partial charge in [-0.25, -0.2) is 13.9 Å². The van der Waals surface area contributed by atoms with Crippen LogP contribution >= 0.6 is 0 Å². The number of hydrogen-bond donors (Lipinski definition) is 1. The molecule has 1 aromatic carbocycles. The van der Waals surface area contributed by atoms with Gasteiger partial charge in [0.05, 0.1) is 11.4 Å². The van der Waals surface area contributed by atoms with Gasteiger partial charge in [-0.1, -0.05) is 0 Å². The van der Waals surface area contributed by atoms with Crippen LogP contribution in [0.3, 0.4) is 0 Å². The lowest BCUT2D eigenvalue weighted by Crippen LogP contribution is -2.29. The van der Waals surface area contributed by atoms with Crippen molar-refractivity contribution >= 4 is 6.09 Å². The summed E-state index contributed by atoms with van der Waals surface area (Å²) in [6.07, 6.45) is 1.03. The van der Waals surface area contributed by atoms with Crippen LogP contribution in [0.5, 0.6) is 0 Å². The minimum absolute atomic E-state index is 0.267. The molecule has 2 aromatic rings. The van der Waals surface area contributed by atoms with Crippen molar-refractivity contribution in [2.75, 3.05) is 13.1 Å². The van der Waals surface area contributed by atoms with E-state index in [0.29, 0.717) is 30.8 Å². The van der Waals surface area contributed by atoms with Gasteiger partial charge in [-0.3, -0.25) is 0 Å². The van der Waals surface area contributed by atoms with Crippen molar-refractivity contribution in [3.05, 3.63) is 48.0 Å². The highest BCUT2D eigenvalue weighted by atomic mass is 19.1. The maximum absolute atomic E-state index is 12.9. The standard InChI is InChI=1S/C15H14FN3O2/c16-9-1-3-10(4-2-9)19-6-5-13(17-19)14-11-7-18(15(20)21)8-12(11)14/h1-6,11-12,14H,7-8H2,(H,20,21)/t11-,12+,14+. The molecule has 2 heterocycles. The molecule has 0 unspecified atom stereocenters. The summed E-state index contributed by atoms with van der Waals surface area (Å²) < 4.78 is 14.7. The number of carbonyl (C=O) groups is 1. The van der Waals surface area contributed by atoms with Crippen LogP contribution in [0.4, 0.5) is 9.18 Å². The molecule has 4 rings (SSSR count). The summed E-state index contributed by atoms with van der Waals surface area (Å²) in [5.74, 6) is 0.897. The predicted octanol–water partition coefficient (Wildman–Crippen LogP) is 2.33. The quantitative estimate of drug-likeness (QED) is 0.922. The lowest BCUT2D eigenvalue weighted by Gasteiger charge is -2.14. The molecule has 1 aliphatic carbocycles. The van der Waals surface area contributed by atoms with E-state index in [1.165, 1.54) is 17.0 Å². The normalized spacial score (nSPS) is 26.7. The smallest absolute Gasteiger partial charge is 0.407 e. The molecule has 0 spiro atoms. The first-order valence-electron chi connectivity index (χ1n) is 6.93. The Labute approximate surface area is 120 Å². The number of halogens is 1. The molecule has 5 nitrogen and oxygen atoms in total. The molecular weight excluding hydrogens is 273 g/mol. The van der Waals surface area contributed by atoms with Gasteiger partial charge in [-0.15, -0.1) is 0 Å². The molecule has 108 valence electrons. The average molecular weight is 287 g/mol. The Bertz CT molecular complexity index is 685. The summed E-state index contributed by atoms with van der Waals surface area (Å²) in [6.45, 7) is 1.21. The van der Waals surface area contributed by atoms with E-state index in [0.717, 1.165) is 11.4 Å². The number of benzene rings is 1. The monoisotopic (exact) mass is 287 g/mol. The zero-order valence-corrected chi connectivity index (χ0v) is 11.2. The molecule has 0 radical (unpaired) electrons. The summed E-state index contributed by atoms with van der Waals surface area (Å²) in [5.41, 5.74) is 1.82. The van der Waals surface area contributed by atoms with Crippen LogP contribution in [0, 0.1) is 17.7 Å². The number of carboxylic acid groups (broad SMARTS) is 1. The molecule has 3 atom stereocenters. The first-order valence-corrected chi connectivity index (χ1v) is 6.93. The molecular formula is C15H14FN3O2. The van der Waals surface area contributed by atoms with Crippen molar-refractivity contribution in [3.8, 4) is 5.69 Å². The van der Waals surface area contributed by atoms with E-state index < -0.39 is 6.09 Å². The second-order valence-corrected chi connectivity index (χ2v) is 5.70. The van der Waals surface area contributed by atoms with Crippen molar-refractivity contribution in [1.82, 2.24) is 14.7 Å². The van der Waals surface area contributed by atoms with Gasteiger partial charge < -0.3 is 10.0 Å². The second-order valence-electron chi connectivity index (χ2n) is 5.70. The van der Waals surface area contributed by atoms with E-state index in [4.69, 9.17) is 5.11 Å². The highest BCUT2D eigenvalue weighted by molar-refractivity contribution is 5.66. The minimum atomic E-state index is -0.835. The Hall–Kier alpha value is -2.37. The average Bonchev–Trinajstić information content (AvgIpc) is 2.87. The summed E-state index contributed by atoms with van der Waals surface area (Å²) in [4.78, 5) is 12.4. The number of piperidine rings is 1. The van der Waals surface area contributed by atoms with Crippen LogP contribution in [0.1, 0.15) is 11.6 Å². The van der Waals surface area contributed by atoms with Gasteiger partial charge in [0.1, 0.15) is 5.82 Å². The van der Waals surface area contributed by atoms with Gasteiger partial charge in [-0.2, -0.15) is 5.10 Å². The Kier molecular flexibility index (Phi) is 2.54. The first-order chi connectivity index (χ1) is 10.1. The van der Waals surface area contributed by atoms with Crippen molar-refractivity contribution in [2.24, 2.45) is 11.8 Å². The number of rotatable bonds is 2. The molecule has 1 aromatic heterocycles. The Morgan fingerprint density at radius 2 is 1.86 bits per heavy atom. The van der Waals surface area contributed by atoms with E-state index in [2.05, 4.69) is 5.10 Å². The lowest BCUT2D eigenvalue weighted by molar-refractivity contribution is 0.150. The first kappa shape index (κ1) is 12.4. The second kappa shape index (κ2) is 4.31. The van der Waals surface area contributed by atoms with Crippen LogP contribution in [-0.2, 0) is 0 Å². The van der Waals surface area contributed by atoms with E-state index >= 15 is 0 Å². The van der Waals surface area contributed by atoms with Crippen LogP contribution in [-0.4, -0.2) is 39.0 Å². The zero-order chi connectivity index (χ0) is 14.6. The molecule has 0 bridgehead atoms. The summed E-state index contributed by atoms with van der Waals surface area (Å²) in [7, 11) is 0. The molecule has 1 saturated heterocycles. The predicted molar refractivity (Wildman–Crippen MR) is 72.8 cm³/mol. The Balaban J connectivity index is 1.50. The topological polar surface area (TPSA) is 58.4 Å². The van der Waals surface area contributed by atoms with Crippen LogP contribution in [0.25, 0.3) is 5.69 Å². The van der Waals surface area contributed by atoms with Crippen molar-refractivity contribution in [2.45, 2.75) is 5.92 Å². The molecule has 2 fully saturated rings. The highest BCUT2D eigenvalue weighted by Crippen LogP contribution is 2.57.